The van der Waals surface area contributed by atoms with E-state index in [0.717, 1.165) is 43.0 Å². The van der Waals surface area contributed by atoms with Crippen molar-refractivity contribution in [3.8, 4) is 16.9 Å². The van der Waals surface area contributed by atoms with Crippen molar-refractivity contribution in [3.05, 3.63) is 94.8 Å². The van der Waals surface area contributed by atoms with Crippen molar-refractivity contribution >= 4 is 6.08 Å². The minimum atomic E-state index is -4.14. The molecule has 178 valence electrons. The first-order chi connectivity index (χ1) is 16.2. The SMILES string of the molecule is C=Cc1c(F)cc(OC(F)(F)c2ccc(-c3ccc4c(c3)CC(CCCC)C4)cc2F)cc1F. The lowest BCUT2D eigenvalue weighted by molar-refractivity contribution is -0.187. The van der Waals surface area contributed by atoms with Crippen molar-refractivity contribution in [2.24, 2.45) is 5.92 Å². The van der Waals surface area contributed by atoms with Crippen LogP contribution in [0.5, 0.6) is 5.75 Å². The number of benzene rings is 3. The van der Waals surface area contributed by atoms with Gasteiger partial charge in [0.2, 0.25) is 0 Å². The Hall–Kier alpha value is -3.15. The average Bonchev–Trinajstić information content (AvgIpc) is 3.19. The molecule has 0 spiro atoms. The van der Waals surface area contributed by atoms with Gasteiger partial charge in [-0.3, -0.25) is 0 Å². The van der Waals surface area contributed by atoms with Gasteiger partial charge in [0.15, 0.2) is 0 Å². The highest BCUT2D eigenvalue weighted by atomic mass is 19.3. The fourth-order valence-electron chi connectivity index (χ4n) is 4.53. The summed E-state index contributed by atoms with van der Waals surface area (Å²) in [5, 5.41) is 0. The maximum atomic E-state index is 14.8. The third kappa shape index (κ3) is 4.86. The van der Waals surface area contributed by atoms with Crippen LogP contribution in [-0.2, 0) is 19.0 Å². The monoisotopic (exact) mass is 472 g/mol. The second-order valence-corrected chi connectivity index (χ2v) is 8.72. The van der Waals surface area contributed by atoms with Crippen molar-refractivity contribution in [2.75, 3.05) is 0 Å². The number of unbranched alkanes of at least 4 members (excludes halogenated alkanes) is 1. The van der Waals surface area contributed by atoms with Gasteiger partial charge in [0, 0.05) is 17.7 Å². The Morgan fingerprint density at radius 1 is 0.912 bits per heavy atom. The molecule has 1 aliphatic carbocycles. The highest BCUT2D eigenvalue weighted by molar-refractivity contribution is 5.66. The van der Waals surface area contributed by atoms with Crippen molar-refractivity contribution in [1.29, 1.82) is 0 Å². The van der Waals surface area contributed by atoms with E-state index in [1.165, 1.54) is 30.0 Å². The van der Waals surface area contributed by atoms with Crippen LogP contribution in [0.2, 0.25) is 0 Å². The van der Waals surface area contributed by atoms with Crippen LogP contribution >= 0.6 is 0 Å². The lowest BCUT2D eigenvalue weighted by Crippen LogP contribution is -2.23. The molecular formula is C28H25F5O. The lowest BCUT2D eigenvalue weighted by atomic mass is 9.98. The molecule has 0 heterocycles. The summed E-state index contributed by atoms with van der Waals surface area (Å²) in [5.41, 5.74) is 2.22. The molecule has 0 saturated carbocycles. The lowest BCUT2D eigenvalue weighted by Gasteiger charge is -2.20. The topological polar surface area (TPSA) is 9.23 Å². The maximum absolute atomic E-state index is 14.8. The number of hydrogen-bond acceptors (Lipinski definition) is 1. The molecule has 0 bridgehead atoms. The van der Waals surface area contributed by atoms with Crippen LogP contribution in [0.25, 0.3) is 17.2 Å². The normalized spacial score (nSPS) is 15.3. The summed E-state index contributed by atoms with van der Waals surface area (Å²) in [6.45, 7) is 5.43. The Labute approximate surface area is 195 Å². The molecule has 4 rings (SSSR count). The summed E-state index contributed by atoms with van der Waals surface area (Å²) < 4.78 is 76.4. The zero-order valence-corrected chi connectivity index (χ0v) is 18.8. The summed E-state index contributed by atoms with van der Waals surface area (Å²) in [4.78, 5) is 0. The second-order valence-electron chi connectivity index (χ2n) is 8.72. The number of alkyl halides is 2. The first kappa shape index (κ1) is 24.0. The van der Waals surface area contributed by atoms with Gasteiger partial charge in [0.05, 0.1) is 5.56 Å². The van der Waals surface area contributed by atoms with Gasteiger partial charge >= 0.3 is 6.11 Å². The van der Waals surface area contributed by atoms with Crippen molar-refractivity contribution in [1.82, 2.24) is 0 Å². The van der Waals surface area contributed by atoms with Crippen molar-refractivity contribution in [3.63, 3.8) is 0 Å². The van der Waals surface area contributed by atoms with Gasteiger partial charge in [-0.15, -0.1) is 0 Å². The third-order valence-corrected chi connectivity index (χ3v) is 6.31. The minimum Gasteiger partial charge on any atom is -0.429 e. The molecule has 6 heteroatoms. The van der Waals surface area contributed by atoms with Crippen molar-refractivity contribution in [2.45, 2.75) is 45.1 Å². The van der Waals surface area contributed by atoms with Gasteiger partial charge in [-0.2, -0.15) is 8.78 Å². The first-order valence-corrected chi connectivity index (χ1v) is 11.3. The van der Waals surface area contributed by atoms with Gasteiger partial charge in [0.1, 0.15) is 23.2 Å². The fraction of sp³-hybridized carbons (Fsp3) is 0.286. The molecule has 1 nitrogen and oxygen atoms in total. The first-order valence-electron chi connectivity index (χ1n) is 11.3. The van der Waals surface area contributed by atoms with E-state index < -0.39 is 40.4 Å². The smallest absolute Gasteiger partial charge is 0.429 e. The standard InChI is InChI=1S/C28H25F5O/c1-3-5-6-17-11-18-7-8-19(13-21(18)12-17)20-9-10-24(27(31)14-20)28(32,33)34-22-15-25(29)23(4-2)26(30)16-22/h4,7-10,13-17H,2-3,5-6,11-12H2,1H3. The summed E-state index contributed by atoms with van der Waals surface area (Å²) in [5.74, 6) is -3.54. The van der Waals surface area contributed by atoms with Gasteiger partial charge in [-0.05, 0) is 59.6 Å². The molecule has 0 radical (unpaired) electrons. The Bertz CT molecular complexity index is 1190. The van der Waals surface area contributed by atoms with E-state index in [1.807, 2.05) is 18.2 Å². The Kier molecular flexibility index (Phi) is 6.78. The Balaban J connectivity index is 1.55. The second kappa shape index (κ2) is 9.61. The molecule has 1 unspecified atom stereocenters. The number of rotatable bonds is 8. The van der Waals surface area contributed by atoms with E-state index >= 15 is 0 Å². The highest BCUT2D eigenvalue weighted by Gasteiger charge is 2.38. The van der Waals surface area contributed by atoms with Crippen molar-refractivity contribution < 1.29 is 26.7 Å². The molecule has 3 aromatic rings. The molecule has 0 N–H and O–H groups in total. The molecule has 0 aliphatic heterocycles. The zero-order chi connectivity index (χ0) is 24.5. The van der Waals surface area contributed by atoms with Crippen LogP contribution in [-0.4, -0.2) is 0 Å². The number of fused-ring (bicyclic) bond motifs is 1. The summed E-state index contributed by atoms with van der Waals surface area (Å²) in [6.07, 6.45) is 2.29. The molecule has 0 aromatic heterocycles. The minimum absolute atomic E-state index is 0.461. The van der Waals surface area contributed by atoms with E-state index in [2.05, 4.69) is 18.2 Å². The van der Waals surface area contributed by atoms with E-state index in [1.54, 1.807) is 0 Å². The third-order valence-electron chi connectivity index (χ3n) is 6.31. The quantitative estimate of drug-likeness (QED) is 0.299. The van der Waals surface area contributed by atoms with Gasteiger partial charge in [-0.1, -0.05) is 56.7 Å². The zero-order valence-electron chi connectivity index (χ0n) is 18.8. The van der Waals surface area contributed by atoms with Crippen LogP contribution in [0.3, 0.4) is 0 Å². The van der Waals surface area contributed by atoms with E-state index in [4.69, 9.17) is 0 Å². The van der Waals surface area contributed by atoms with Gasteiger partial charge < -0.3 is 4.74 Å². The molecule has 0 saturated heterocycles. The molecule has 0 amide bonds. The van der Waals surface area contributed by atoms with E-state index in [9.17, 15) is 22.0 Å². The van der Waals surface area contributed by atoms with Crippen LogP contribution in [0.4, 0.5) is 22.0 Å². The fourth-order valence-corrected chi connectivity index (χ4v) is 4.53. The van der Waals surface area contributed by atoms with Crippen LogP contribution < -0.4 is 4.74 Å². The van der Waals surface area contributed by atoms with Crippen LogP contribution in [0, 0.1) is 23.4 Å². The predicted octanol–water partition coefficient (Wildman–Crippen LogP) is 8.45. The van der Waals surface area contributed by atoms with Crippen LogP contribution in [0.1, 0.15) is 48.4 Å². The van der Waals surface area contributed by atoms with Crippen LogP contribution in [0.15, 0.2) is 55.1 Å². The molecule has 1 atom stereocenters. The molecule has 0 fully saturated rings. The molecular weight excluding hydrogens is 447 g/mol. The summed E-state index contributed by atoms with van der Waals surface area (Å²) in [6, 6.07) is 10.5. The number of halogens is 5. The number of hydrogen-bond donors (Lipinski definition) is 0. The summed E-state index contributed by atoms with van der Waals surface area (Å²) >= 11 is 0. The molecule has 34 heavy (non-hydrogen) atoms. The Morgan fingerprint density at radius 3 is 2.21 bits per heavy atom. The van der Waals surface area contributed by atoms with Gasteiger partial charge in [-0.25, -0.2) is 13.2 Å². The average molecular weight is 472 g/mol. The Morgan fingerprint density at radius 2 is 1.56 bits per heavy atom. The molecule has 1 aliphatic rings. The summed E-state index contributed by atoms with van der Waals surface area (Å²) in [7, 11) is 0. The largest absolute Gasteiger partial charge is 0.429 e. The number of ether oxygens (including phenoxy) is 1. The highest BCUT2D eigenvalue weighted by Crippen LogP contribution is 2.37. The van der Waals surface area contributed by atoms with Gasteiger partial charge in [0.25, 0.3) is 0 Å². The maximum Gasteiger partial charge on any atom is 0.429 e. The van der Waals surface area contributed by atoms with E-state index in [0.29, 0.717) is 23.6 Å². The molecule has 3 aromatic carbocycles. The van der Waals surface area contributed by atoms with E-state index in [-0.39, 0.29) is 0 Å². The predicted molar refractivity (Wildman–Crippen MR) is 123 cm³/mol.